The van der Waals surface area contributed by atoms with E-state index in [0.29, 0.717) is 29.1 Å². The van der Waals surface area contributed by atoms with Gasteiger partial charge in [-0.15, -0.1) is 6.58 Å². The van der Waals surface area contributed by atoms with E-state index < -0.39 is 15.9 Å². The maximum absolute atomic E-state index is 13.6. The molecule has 0 unspecified atom stereocenters. The van der Waals surface area contributed by atoms with Gasteiger partial charge in [0.05, 0.1) is 15.1 Å². The molecule has 0 bridgehead atoms. The Morgan fingerprint density at radius 1 is 1.22 bits per heavy atom. The lowest BCUT2D eigenvalue weighted by Gasteiger charge is -2.20. The summed E-state index contributed by atoms with van der Waals surface area (Å²) in [6.07, 6.45) is 3.36. The average molecular weight is 476 g/mol. The number of allylic oxidation sites excluding steroid dienone is 1. The van der Waals surface area contributed by atoms with Gasteiger partial charge in [0, 0.05) is 25.2 Å². The van der Waals surface area contributed by atoms with E-state index in [1.807, 2.05) is 6.92 Å². The largest absolute Gasteiger partial charge is 0.312 e. The van der Waals surface area contributed by atoms with Crippen molar-refractivity contribution in [3.63, 3.8) is 0 Å². The first-order chi connectivity index (χ1) is 15.3. The summed E-state index contributed by atoms with van der Waals surface area (Å²) in [6, 6.07) is 10.2. The van der Waals surface area contributed by atoms with Crippen LogP contribution in [0.2, 0.25) is 0 Å². The summed E-state index contributed by atoms with van der Waals surface area (Å²) in [6.45, 7) is 8.81. The SMILES string of the molecule is C=CCn1c(=NC(=O)c2ccc(S(=O)(=O)N(CC)CCCC)cc2)sc2cc(F)ccc21. The van der Waals surface area contributed by atoms with Crippen LogP contribution in [-0.4, -0.2) is 36.3 Å². The Kier molecular flexibility index (Phi) is 7.76. The molecule has 0 saturated heterocycles. The average Bonchev–Trinajstić information content (AvgIpc) is 3.10. The van der Waals surface area contributed by atoms with E-state index in [0.717, 1.165) is 18.4 Å². The molecule has 0 spiro atoms. The molecule has 0 aliphatic heterocycles. The van der Waals surface area contributed by atoms with E-state index in [2.05, 4.69) is 11.6 Å². The molecule has 0 saturated carbocycles. The molecule has 1 amide bonds. The van der Waals surface area contributed by atoms with Gasteiger partial charge in [-0.1, -0.05) is 37.7 Å². The van der Waals surface area contributed by atoms with E-state index in [9.17, 15) is 17.6 Å². The molecule has 0 radical (unpaired) electrons. The minimum absolute atomic E-state index is 0.145. The van der Waals surface area contributed by atoms with Crippen LogP contribution in [-0.2, 0) is 16.6 Å². The molecule has 3 rings (SSSR count). The fraction of sp³-hybridized carbons (Fsp3) is 0.304. The third kappa shape index (κ3) is 5.06. The second-order valence-electron chi connectivity index (χ2n) is 7.19. The molecular formula is C23H26FN3O3S2. The lowest BCUT2D eigenvalue weighted by molar-refractivity contribution is 0.0997. The number of hydrogen-bond acceptors (Lipinski definition) is 4. The third-order valence-electron chi connectivity index (χ3n) is 5.01. The monoisotopic (exact) mass is 475 g/mol. The van der Waals surface area contributed by atoms with Crippen LogP contribution >= 0.6 is 11.3 Å². The van der Waals surface area contributed by atoms with E-state index in [-0.39, 0.29) is 16.3 Å². The molecule has 9 heteroatoms. The molecule has 0 N–H and O–H groups in total. The smallest absolute Gasteiger partial charge is 0.279 e. The number of rotatable bonds is 9. The quantitative estimate of drug-likeness (QED) is 0.425. The van der Waals surface area contributed by atoms with Crippen molar-refractivity contribution in [2.45, 2.75) is 38.1 Å². The summed E-state index contributed by atoms with van der Waals surface area (Å²) in [5.41, 5.74) is 1.03. The number of halogens is 1. The Hall–Kier alpha value is -2.62. The number of fused-ring (bicyclic) bond motifs is 1. The van der Waals surface area contributed by atoms with Crippen molar-refractivity contribution in [3.05, 3.63) is 71.3 Å². The fourth-order valence-corrected chi connectivity index (χ4v) is 5.84. The second kappa shape index (κ2) is 10.3. The highest BCUT2D eigenvalue weighted by Gasteiger charge is 2.22. The summed E-state index contributed by atoms with van der Waals surface area (Å²) in [5.74, 6) is -0.864. The van der Waals surface area contributed by atoms with Crippen LogP contribution in [0.1, 0.15) is 37.0 Å². The predicted molar refractivity (Wildman–Crippen MR) is 126 cm³/mol. The van der Waals surface area contributed by atoms with Crippen LogP contribution in [0, 0.1) is 5.82 Å². The van der Waals surface area contributed by atoms with Crippen molar-refractivity contribution in [2.24, 2.45) is 4.99 Å². The molecule has 3 aromatic rings. The number of benzene rings is 2. The van der Waals surface area contributed by atoms with Gasteiger partial charge in [-0.2, -0.15) is 9.30 Å². The molecule has 32 heavy (non-hydrogen) atoms. The fourth-order valence-electron chi connectivity index (χ4n) is 3.29. The number of carbonyl (C=O) groups is 1. The van der Waals surface area contributed by atoms with Crippen LogP contribution in [0.15, 0.2) is 65.0 Å². The summed E-state index contributed by atoms with van der Waals surface area (Å²) >= 11 is 1.21. The summed E-state index contributed by atoms with van der Waals surface area (Å²) < 4.78 is 43.2. The number of thiazole rings is 1. The number of unbranched alkanes of at least 4 members (excludes halogenated alkanes) is 1. The first kappa shape index (κ1) is 24.0. The van der Waals surface area contributed by atoms with E-state index in [1.54, 1.807) is 23.6 Å². The summed E-state index contributed by atoms with van der Waals surface area (Å²) in [4.78, 5) is 17.5. The van der Waals surface area contributed by atoms with Crippen LogP contribution in [0.5, 0.6) is 0 Å². The standard InChI is InChI=1S/C23H26FN3O3S2/c1-4-7-15-26(6-3)32(29,30)19-11-8-17(9-12-19)22(28)25-23-27(14-5-2)20-13-10-18(24)16-21(20)31-23/h5,8-13,16H,2,4,6-7,14-15H2,1,3H3. The van der Waals surface area contributed by atoms with Gasteiger partial charge in [-0.3, -0.25) is 4.79 Å². The molecule has 0 aliphatic rings. The van der Waals surface area contributed by atoms with Crippen molar-refractivity contribution in [1.82, 2.24) is 8.87 Å². The zero-order valence-electron chi connectivity index (χ0n) is 18.1. The van der Waals surface area contributed by atoms with E-state index in [4.69, 9.17) is 0 Å². The molecule has 170 valence electrons. The van der Waals surface area contributed by atoms with Crippen molar-refractivity contribution in [3.8, 4) is 0 Å². The van der Waals surface area contributed by atoms with Gasteiger partial charge in [0.1, 0.15) is 5.82 Å². The number of nitrogens with zero attached hydrogens (tertiary/aromatic N) is 3. The second-order valence-corrected chi connectivity index (χ2v) is 10.1. The summed E-state index contributed by atoms with van der Waals surface area (Å²) in [7, 11) is -3.62. The number of amides is 1. The maximum Gasteiger partial charge on any atom is 0.279 e. The molecule has 0 atom stereocenters. The molecule has 0 fully saturated rings. The molecule has 0 aliphatic carbocycles. The Bertz CT molecular complexity index is 1290. The van der Waals surface area contributed by atoms with Crippen molar-refractivity contribution >= 4 is 37.5 Å². The van der Waals surface area contributed by atoms with Gasteiger partial charge in [0.2, 0.25) is 10.0 Å². The maximum atomic E-state index is 13.6. The predicted octanol–water partition coefficient (Wildman–Crippen LogP) is 4.58. The topological polar surface area (TPSA) is 71.7 Å². The van der Waals surface area contributed by atoms with Gasteiger partial charge < -0.3 is 4.57 Å². The highest BCUT2D eigenvalue weighted by atomic mass is 32.2. The molecule has 6 nitrogen and oxygen atoms in total. The minimum atomic E-state index is -3.62. The van der Waals surface area contributed by atoms with Gasteiger partial charge >= 0.3 is 0 Å². The van der Waals surface area contributed by atoms with E-state index in [1.165, 1.54) is 52.0 Å². The van der Waals surface area contributed by atoms with Gasteiger partial charge in [0.15, 0.2) is 4.80 Å². The first-order valence-corrected chi connectivity index (χ1v) is 12.7. The van der Waals surface area contributed by atoms with Crippen molar-refractivity contribution in [1.29, 1.82) is 0 Å². The van der Waals surface area contributed by atoms with Gasteiger partial charge in [-0.25, -0.2) is 12.8 Å². The molecule has 1 aromatic heterocycles. The Morgan fingerprint density at radius 3 is 2.56 bits per heavy atom. The highest BCUT2D eigenvalue weighted by molar-refractivity contribution is 7.89. The van der Waals surface area contributed by atoms with Crippen LogP contribution in [0.4, 0.5) is 4.39 Å². The van der Waals surface area contributed by atoms with Crippen LogP contribution in [0.25, 0.3) is 10.2 Å². The third-order valence-corrected chi connectivity index (χ3v) is 8.04. The number of aromatic nitrogens is 1. The lowest BCUT2D eigenvalue weighted by Crippen LogP contribution is -2.31. The summed E-state index contributed by atoms with van der Waals surface area (Å²) in [5, 5.41) is 0. The molecule has 1 heterocycles. The highest BCUT2D eigenvalue weighted by Crippen LogP contribution is 2.20. The van der Waals surface area contributed by atoms with Crippen LogP contribution in [0.3, 0.4) is 0 Å². The Labute approximate surface area is 191 Å². The van der Waals surface area contributed by atoms with Gasteiger partial charge in [-0.05, 0) is 48.9 Å². The van der Waals surface area contributed by atoms with Crippen molar-refractivity contribution < 1.29 is 17.6 Å². The molecular weight excluding hydrogens is 449 g/mol. The lowest BCUT2D eigenvalue weighted by atomic mass is 10.2. The Balaban J connectivity index is 1.93. The van der Waals surface area contributed by atoms with Crippen LogP contribution < -0.4 is 4.80 Å². The normalized spacial score (nSPS) is 12.6. The first-order valence-electron chi connectivity index (χ1n) is 10.4. The van der Waals surface area contributed by atoms with Crippen molar-refractivity contribution in [2.75, 3.05) is 13.1 Å². The number of carbonyl (C=O) groups excluding carboxylic acids is 1. The zero-order valence-corrected chi connectivity index (χ0v) is 19.8. The number of sulfonamides is 1. The van der Waals surface area contributed by atoms with Gasteiger partial charge in [0.25, 0.3) is 5.91 Å². The Morgan fingerprint density at radius 2 is 1.94 bits per heavy atom. The number of hydrogen-bond donors (Lipinski definition) is 0. The minimum Gasteiger partial charge on any atom is -0.312 e. The zero-order chi connectivity index (χ0) is 23.3. The van der Waals surface area contributed by atoms with E-state index >= 15 is 0 Å². The molecule has 2 aromatic carbocycles.